The Balaban J connectivity index is -0.0000000180. The van der Waals surface area contributed by atoms with Gasteiger partial charge in [-0.25, -0.2) is 9.59 Å². The number of hydrogen-bond donors (Lipinski definition) is 2. The first-order valence-electron chi connectivity index (χ1n) is 1.26. The van der Waals surface area contributed by atoms with E-state index in [9.17, 15) is 9.59 Å². The zero-order chi connectivity index (χ0) is 5.86. The quantitative estimate of drug-likeness (QED) is 0.247. The summed E-state index contributed by atoms with van der Waals surface area (Å²) in [7, 11) is 0. The molecule has 0 fully saturated rings. The van der Waals surface area contributed by atoms with Crippen LogP contribution in [0.1, 0.15) is 0 Å². The molecule has 0 bridgehead atoms. The Morgan fingerprint density at radius 1 is 0.833 bits per heavy atom. The molecule has 0 radical (unpaired) electrons. The molecule has 0 aliphatic heterocycles. The van der Waals surface area contributed by atoms with Gasteiger partial charge in [-0.3, -0.25) is 0 Å². The second kappa shape index (κ2) is 23.0. The molecule has 0 unspecified atom stereocenters. The first kappa shape index (κ1) is 37.3. The van der Waals surface area contributed by atoms with E-state index in [1.807, 2.05) is 0 Å². The van der Waals surface area contributed by atoms with Gasteiger partial charge in [0.1, 0.15) is 0 Å². The van der Waals surface area contributed by atoms with Crippen molar-refractivity contribution in [3.63, 3.8) is 0 Å². The second-order valence-electron chi connectivity index (χ2n) is 0.634. The van der Waals surface area contributed by atoms with Gasteiger partial charge in [0.25, 0.3) is 0 Å². The van der Waals surface area contributed by atoms with Crippen LogP contribution >= 0.6 is 0 Å². The predicted octanol–water partition coefficient (Wildman–Crippen LogP) is -3.24. The van der Waals surface area contributed by atoms with Crippen molar-refractivity contribution in [3.05, 3.63) is 0 Å². The average molecular weight is 214 g/mol. The van der Waals surface area contributed by atoms with Gasteiger partial charge in [0.2, 0.25) is 0 Å². The van der Waals surface area contributed by atoms with Gasteiger partial charge in [-0.1, -0.05) is 0 Å². The number of ether oxygens (including phenoxy) is 1. The molecule has 0 aliphatic carbocycles. The van der Waals surface area contributed by atoms with E-state index < -0.39 is 12.3 Å². The van der Waals surface area contributed by atoms with E-state index >= 15 is 0 Å². The van der Waals surface area contributed by atoms with Crippen molar-refractivity contribution in [1.82, 2.24) is 0 Å². The molecule has 0 spiro atoms. The van der Waals surface area contributed by atoms with Crippen molar-refractivity contribution in [2.75, 3.05) is 0 Å². The van der Waals surface area contributed by atoms with Crippen LogP contribution in [-0.2, 0) is 4.74 Å². The van der Waals surface area contributed by atoms with Gasteiger partial charge in [-0.05, 0) is 0 Å². The summed E-state index contributed by atoms with van der Waals surface area (Å²) in [5.74, 6) is 0. The van der Waals surface area contributed by atoms with Crippen molar-refractivity contribution in [2.24, 2.45) is 0 Å². The van der Waals surface area contributed by atoms with Gasteiger partial charge in [0.15, 0.2) is 0 Å². The monoisotopic (exact) mass is 214 g/mol. The number of hydrogen-bond acceptors (Lipinski definition) is 3. The van der Waals surface area contributed by atoms with Gasteiger partial charge in [0.05, 0.1) is 0 Å². The first-order valence-corrected chi connectivity index (χ1v) is 1.26. The van der Waals surface area contributed by atoms with Crippen LogP contribution in [0.15, 0.2) is 0 Å². The third kappa shape index (κ3) is 41.4. The van der Waals surface area contributed by atoms with E-state index in [-0.39, 0.29) is 99.6 Å². The molecule has 0 aromatic carbocycles. The normalized spacial score (nSPS) is 4.33. The molecule has 0 aromatic heterocycles. The molecule has 0 saturated heterocycles. The fourth-order valence-corrected chi connectivity index (χ4v) is 0.0747. The summed E-state index contributed by atoms with van der Waals surface area (Å²) in [6.07, 6.45) is -3.62. The summed E-state index contributed by atoms with van der Waals surface area (Å²) in [5, 5.41) is 15.0. The molecule has 0 atom stereocenters. The van der Waals surface area contributed by atoms with Crippen molar-refractivity contribution in [2.45, 2.75) is 0 Å². The maximum atomic E-state index is 9.21. The molecule has 0 heterocycles. The maximum absolute atomic E-state index is 9.21. The minimum absolute atomic E-state index is 0. The number of carboxylic acid groups (broad SMARTS) is 2. The van der Waals surface area contributed by atoms with Gasteiger partial charge in [-0.15, -0.1) is 0 Å². The van der Waals surface area contributed by atoms with E-state index in [1.165, 1.54) is 0 Å². The third-order valence-corrected chi connectivity index (χ3v) is 0.175. The summed E-state index contributed by atoms with van der Waals surface area (Å²) >= 11 is 0. The molecule has 62 valence electrons. The van der Waals surface area contributed by atoms with Crippen LogP contribution in [0.4, 0.5) is 9.59 Å². The third-order valence-electron chi connectivity index (χ3n) is 0.175. The molecule has 0 amide bonds. The molecule has 10 heteroatoms. The van der Waals surface area contributed by atoms with Crippen LogP contribution in [0.3, 0.4) is 0 Å². The van der Waals surface area contributed by atoms with Gasteiger partial charge < -0.3 is 25.9 Å². The molecule has 7 nitrogen and oxygen atoms in total. The molecular formula is C2H9Na3O7. The van der Waals surface area contributed by atoms with E-state index in [2.05, 4.69) is 4.74 Å². The Labute approximate surface area is 134 Å². The molecule has 0 aromatic rings. The van der Waals surface area contributed by atoms with Crippen LogP contribution in [0, 0.1) is 0 Å². The van der Waals surface area contributed by atoms with E-state index in [0.29, 0.717) is 0 Å². The van der Waals surface area contributed by atoms with Gasteiger partial charge in [0, 0.05) is 0 Å². The fourth-order valence-electron chi connectivity index (χ4n) is 0.0747. The zero-order valence-corrected chi connectivity index (χ0v) is 4.12. The Bertz CT molecular complexity index is 92.8. The van der Waals surface area contributed by atoms with Crippen molar-refractivity contribution in [3.8, 4) is 0 Å². The second-order valence-corrected chi connectivity index (χ2v) is 0.634. The van der Waals surface area contributed by atoms with Crippen LogP contribution in [0.5, 0.6) is 0 Å². The Morgan fingerprint density at radius 2 is 1.00 bits per heavy atom. The molecule has 12 heavy (non-hydrogen) atoms. The summed E-state index contributed by atoms with van der Waals surface area (Å²) in [4.78, 5) is 18.4. The Kier molecular flexibility index (Phi) is 71.4. The van der Waals surface area contributed by atoms with Gasteiger partial charge >= 0.3 is 101 Å². The number of carbonyl (C=O) groups is 2. The molecule has 0 saturated carbocycles. The van der Waals surface area contributed by atoms with Crippen LogP contribution in [0.25, 0.3) is 0 Å². The van der Waals surface area contributed by atoms with E-state index in [4.69, 9.17) is 10.2 Å². The molecular weight excluding hydrogens is 205 g/mol. The van der Waals surface area contributed by atoms with Crippen molar-refractivity contribution < 1.29 is 35.5 Å². The fraction of sp³-hybridized carbons (Fsp3) is 0. The summed E-state index contributed by atoms with van der Waals surface area (Å²) in [6.45, 7) is 0. The van der Waals surface area contributed by atoms with Crippen LogP contribution < -0.4 is 0 Å². The summed E-state index contributed by atoms with van der Waals surface area (Å²) in [6, 6.07) is 0. The molecule has 0 aliphatic rings. The Morgan fingerprint density at radius 3 is 1.00 bits per heavy atom. The number of rotatable bonds is 0. The van der Waals surface area contributed by atoms with E-state index in [1.54, 1.807) is 0 Å². The Hall–Kier alpha value is 1.66. The standard InChI is InChI=1S/C2H2O5.3Na.2H2O.3H/c3-1(4)7-2(5)6;;;;;;;;/h(H,3,4)(H,5,6);;;;2*1H2;;;. The summed E-state index contributed by atoms with van der Waals surface area (Å²) < 4.78 is 3.08. The van der Waals surface area contributed by atoms with Gasteiger partial charge in [-0.2, -0.15) is 0 Å². The predicted molar refractivity (Wildman–Crippen MR) is 45.8 cm³/mol. The van der Waals surface area contributed by atoms with Crippen LogP contribution in [0.2, 0.25) is 0 Å². The minimum atomic E-state index is -1.81. The summed E-state index contributed by atoms with van der Waals surface area (Å²) in [5.41, 5.74) is 0. The van der Waals surface area contributed by atoms with Crippen molar-refractivity contribution in [1.29, 1.82) is 0 Å². The van der Waals surface area contributed by atoms with Crippen molar-refractivity contribution >= 4 is 101 Å². The van der Waals surface area contributed by atoms with E-state index in [0.717, 1.165) is 0 Å². The topological polar surface area (TPSA) is 147 Å². The molecule has 6 N–H and O–H groups in total. The average Bonchev–Trinajstić information content (AvgIpc) is 1.27. The van der Waals surface area contributed by atoms with Crippen LogP contribution in [-0.4, -0.2) is 122 Å². The molecule has 0 rings (SSSR count). The SMILES string of the molecule is O.O.O=C(O)OC(=O)O.[NaH].[NaH].[NaH]. The first-order chi connectivity index (χ1) is 3.13. The zero-order valence-electron chi connectivity index (χ0n) is 4.12.